The first-order valence-corrected chi connectivity index (χ1v) is 11.7. The van der Waals surface area contributed by atoms with Crippen LogP contribution in [0.25, 0.3) is 10.9 Å². The molecule has 4 nitrogen and oxygen atoms in total. The number of hydrogen-bond acceptors (Lipinski definition) is 3. The van der Waals surface area contributed by atoms with Crippen LogP contribution in [-0.2, 0) is 11.2 Å². The molecule has 1 aliphatic heterocycles. The number of piperidine rings is 1. The van der Waals surface area contributed by atoms with Crippen molar-refractivity contribution in [3.05, 3.63) is 68.8 Å². The molecule has 0 saturated carbocycles. The van der Waals surface area contributed by atoms with E-state index in [0.717, 1.165) is 41.5 Å². The number of aromatic nitrogens is 1. The number of aryl methyl sites for hydroxylation is 2. The molecule has 4 rings (SSSR count). The van der Waals surface area contributed by atoms with Gasteiger partial charge in [-0.25, -0.2) is 4.79 Å². The number of carbonyl (C=O) groups excluding carboxylic acids is 1. The van der Waals surface area contributed by atoms with Gasteiger partial charge in [0, 0.05) is 22.6 Å². The number of halogens is 2. The Hall–Kier alpha value is -2.01. The quantitative estimate of drug-likeness (QED) is 0.400. The third-order valence-electron chi connectivity index (χ3n) is 6.15. The summed E-state index contributed by atoms with van der Waals surface area (Å²) in [5, 5.41) is 5.45. The number of fused-ring (bicyclic) bond motifs is 1. The molecule has 0 spiro atoms. The third kappa shape index (κ3) is 5.08. The van der Waals surface area contributed by atoms with Gasteiger partial charge in [0.25, 0.3) is 0 Å². The summed E-state index contributed by atoms with van der Waals surface area (Å²) in [5.74, 6) is -0.339. The van der Waals surface area contributed by atoms with Gasteiger partial charge >= 0.3 is 5.97 Å². The molecule has 1 aliphatic rings. The fraction of sp³-hybridized carbons (Fsp3) is 0.400. The fourth-order valence-corrected chi connectivity index (χ4v) is 4.66. The summed E-state index contributed by atoms with van der Waals surface area (Å²) in [5.41, 5.74) is 4.41. The number of rotatable bonds is 6. The molecule has 2 unspecified atom stereocenters. The molecule has 0 aliphatic carbocycles. The van der Waals surface area contributed by atoms with E-state index >= 15 is 0 Å². The molecule has 2 aromatic carbocycles. The van der Waals surface area contributed by atoms with Crippen LogP contribution in [0, 0.1) is 6.92 Å². The lowest BCUT2D eigenvalue weighted by Crippen LogP contribution is -2.34. The Morgan fingerprint density at radius 3 is 2.74 bits per heavy atom. The van der Waals surface area contributed by atoms with Crippen LogP contribution in [0.5, 0.6) is 0 Å². The summed E-state index contributed by atoms with van der Waals surface area (Å²) in [6, 6.07) is 12.2. The van der Waals surface area contributed by atoms with Gasteiger partial charge in [-0.15, -0.1) is 0 Å². The fourth-order valence-electron chi connectivity index (χ4n) is 4.36. The van der Waals surface area contributed by atoms with E-state index in [2.05, 4.69) is 28.5 Å². The molecule has 1 aromatic heterocycles. The van der Waals surface area contributed by atoms with Crippen LogP contribution in [0.4, 0.5) is 0 Å². The van der Waals surface area contributed by atoms with Crippen LogP contribution in [0.1, 0.15) is 65.9 Å². The normalized spacial score (nSPS) is 17.6. The van der Waals surface area contributed by atoms with Crippen molar-refractivity contribution in [2.75, 3.05) is 6.54 Å². The maximum Gasteiger partial charge on any atom is 0.341 e. The van der Waals surface area contributed by atoms with Gasteiger partial charge < -0.3 is 15.0 Å². The van der Waals surface area contributed by atoms with E-state index < -0.39 is 6.10 Å². The lowest BCUT2D eigenvalue weighted by atomic mass is 9.97. The molecular weight excluding hydrogens is 431 g/mol. The molecule has 0 radical (unpaired) electrons. The predicted octanol–water partition coefficient (Wildman–Crippen LogP) is 6.78. The number of benzene rings is 2. The number of nitrogens with one attached hydrogen (secondary N) is 2. The summed E-state index contributed by atoms with van der Waals surface area (Å²) < 4.78 is 5.79. The van der Waals surface area contributed by atoms with Crippen molar-refractivity contribution in [3.8, 4) is 0 Å². The summed E-state index contributed by atoms with van der Waals surface area (Å²) in [4.78, 5) is 16.4. The van der Waals surface area contributed by atoms with Gasteiger partial charge in [0.05, 0.1) is 15.6 Å². The van der Waals surface area contributed by atoms with Gasteiger partial charge in [-0.05, 0) is 81.5 Å². The molecule has 2 N–H and O–H groups in total. The number of esters is 1. The van der Waals surface area contributed by atoms with E-state index in [0.29, 0.717) is 21.7 Å². The summed E-state index contributed by atoms with van der Waals surface area (Å²) >= 11 is 12.1. The second-order valence-electron chi connectivity index (χ2n) is 8.41. The second kappa shape index (κ2) is 9.64. The Morgan fingerprint density at radius 1 is 1.16 bits per heavy atom. The maximum atomic E-state index is 13.1. The van der Waals surface area contributed by atoms with Crippen molar-refractivity contribution in [2.24, 2.45) is 0 Å². The molecule has 3 aromatic rings. The van der Waals surface area contributed by atoms with Crippen LogP contribution in [-0.4, -0.2) is 23.5 Å². The van der Waals surface area contributed by atoms with Crippen molar-refractivity contribution in [1.29, 1.82) is 0 Å². The maximum absolute atomic E-state index is 13.1. The molecule has 0 bridgehead atoms. The monoisotopic (exact) mass is 458 g/mol. The molecule has 1 saturated heterocycles. The van der Waals surface area contributed by atoms with Crippen LogP contribution >= 0.6 is 23.2 Å². The van der Waals surface area contributed by atoms with Gasteiger partial charge in [0.1, 0.15) is 6.10 Å². The third-order valence-corrected chi connectivity index (χ3v) is 6.88. The second-order valence-corrected chi connectivity index (χ2v) is 9.23. The molecule has 2 atom stereocenters. The van der Waals surface area contributed by atoms with E-state index in [-0.39, 0.29) is 5.97 Å². The van der Waals surface area contributed by atoms with Crippen LogP contribution in [0.3, 0.4) is 0 Å². The molecule has 2 heterocycles. The minimum absolute atomic E-state index is 0.339. The van der Waals surface area contributed by atoms with Crippen molar-refractivity contribution >= 4 is 40.1 Å². The average molecular weight is 459 g/mol. The smallest absolute Gasteiger partial charge is 0.341 e. The van der Waals surface area contributed by atoms with Gasteiger partial charge in [-0.3, -0.25) is 0 Å². The highest BCUT2D eigenvalue weighted by molar-refractivity contribution is 6.42. The van der Waals surface area contributed by atoms with Crippen molar-refractivity contribution in [3.63, 3.8) is 0 Å². The topological polar surface area (TPSA) is 54.1 Å². The number of ether oxygens (including phenoxy) is 1. The summed E-state index contributed by atoms with van der Waals surface area (Å²) in [6.07, 6.45) is 5.50. The van der Waals surface area contributed by atoms with Gasteiger partial charge in [-0.1, -0.05) is 41.8 Å². The molecule has 0 amide bonds. The Kier molecular flexibility index (Phi) is 6.90. The largest absolute Gasteiger partial charge is 0.454 e. The summed E-state index contributed by atoms with van der Waals surface area (Å²) in [6.45, 7) is 4.87. The SMILES string of the molecule is Cc1[nH]c2ccc(CCC3CCCCN3)cc2c1C(=O)OC(C)c1ccc(Cl)c(Cl)c1. The van der Waals surface area contributed by atoms with Crippen LogP contribution in [0.2, 0.25) is 10.0 Å². The number of H-pyrrole nitrogens is 1. The minimum Gasteiger partial charge on any atom is -0.454 e. The van der Waals surface area contributed by atoms with Gasteiger partial charge in [-0.2, -0.15) is 0 Å². The standard InChI is InChI=1S/C25H28Cl2N2O2/c1-15-24(25(30)31-16(2)18-8-10-21(26)22(27)14-18)20-13-17(7-11-23(20)29-15)6-9-19-5-3-4-12-28-19/h7-8,10-11,13-14,16,19,28-29H,3-6,9,12H2,1-2H3. The van der Waals surface area contributed by atoms with Gasteiger partial charge in [0.2, 0.25) is 0 Å². The summed E-state index contributed by atoms with van der Waals surface area (Å²) in [7, 11) is 0. The Morgan fingerprint density at radius 2 is 2.00 bits per heavy atom. The molecular formula is C25H28Cl2N2O2. The van der Waals surface area contributed by atoms with Crippen molar-refractivity contribution < 1.29 is 9.53 Å². The Bertz CT molecular complexity index is 1090. The van der Waals surface area contributed by atoms with E-state index in [4.69, 9.17) is 27.9 Å². The molecule has 164 valence electrons. The lowest BCUT2D eigenvalue weighted by Gasteiger charge is -2.23. The lowest BCUT2D eigenvalue weighted by molar-refractivity contribution is 0.0339. The predicted molar refractivity (Wildman–Crippen MR) is 127 cm³/mol. The van der Waals surface area contributed by atoms with Crippen LogP contribution in [0.15, 0.2) is 36.4 Å². The first-order chi connectivity index (χ1) is 14.9. The average Bonchev–Trinajstić information content (AvgIpc) is 3.09. The molecule has 6 heteroatoms. The van der Waals surface area contributed by atoms with E-state index in [1.54, 1.807) is 12.1 Å². The Labute approximate surface area is 193 Å². The van der Waals surface area contributed by atoms with Gasteiger partial charge in [0.15, 0.2) is 0 Å². The highest BCUT2D eigenvalue weighted by atomic mass is 35.5. The van der Waals surface area contributed by atoms with Crippen molar-refractivity contribution in [2.45, 2.75) is 58.1 Å². The number of aromatic amines is 1. The minimum atomic E-state index is -0.438. The van der Waals surface area contributed by atoms with Crippen molar-refractivity contribution in [1.82, 2.24) is 10.3 Å². The molecule has 31 heavy (non-hydrogen) atoms. The highest BCUT2D eigenvalue weighted by Gasteiger charge is 2.21. The first-order valence-electron chi connectivity index (χ1n) is 10.9. The zero-order valence-electron chi connectivity index (χ0n) is 17.9. The Balaban J connectivity index is 1.52. The zero-order valence-corrected chi connectivity index (χ0v) is 19.4. The van der Waals surface area contributed by atoms with E-state index in [1.165, 1.54) is 24.8 Å². The van der Waals surface area contributed by atoms with Crippen LogP contribution < -0.4 is 5.32 Å². The number of hydrogen-bond donors (Lipinski definition) is 2. The van der Waals surface area contributed by atoms with E-state index in [9.17, 15) is 4.79 Å². The zero-order chi connectivity index (χ0) is 22.0. The first kappa shape index (κ1) is 22.2. The van der Waals surface area contributed by atoms with E-state index in [1.807, 2.05) is 19.9 Å². The number of carbonyl (C=O) groups is 1. The molecule has 1 fully saturated rings. The highest BCUT2D eigenvalue weighted by Crippen LogP contribution is 2.30.